The third-order valence-corrected chi connectivity index (χ3v) is 2.32. The summed E-state index contributed by atoms with van der Waals surface area (Å²) in [6, 6.07) is 2.99. The van der Waals surface area contributed by atoms with Gasteiger partial charge in [-0.25, -0.2) is 18.5 Å². The van der Waals surface area contributed by atoms with Crippen LogP contribution < -0.4 is 10.5 Å². The molecule has 0 aromatic carbocycles. The molecule has 1 rings (SSSR count). The van der Waals surface area contributed by atoms with Crippen LogP contribution in [-0.4, -0.2) is 19.9 Å². The van der Waals surface area contributed by atoms with Crippen molar-refractivity contribution in [2.75, 3.05) is 11.9 Å². The lowest BCUT2D eigenvalue weighted by Crippen LogP contribution is -2.12. The van der Waals surface area contributed by atoms with Gasteiger partial charge in [0.2, 0.25) is 10.0 Å². The van der Waals surface area contributed by atoms with Crippen LogP contribution in [0.1, 0.15) is 6.92 Å². The number of aromatic nitrogens is 1. The Labute approximate surface area is 77.0 Å². The van der Waals surface area contributed by atoms with Gasteiger partial charge in [0.05, 0.1) is 0 Å². The molecule has 0 aliphatic rings. The number of nitrogens with two attached hydrogens (primary N) is 1. The van der Waals surface area contributed by atoms with E-state index in [1.54, 1.807) is 6.07 Å². The summed E-state index contributed by atoms with van der Waals surface area (Å²) in [5, 5.41) is 7.83. The Balaban J connectivity index is 2.94. The van der Waals surface area contributed by atoms with Gasteiger partial charge in [-0.05, 0) is 19.1 Å². The molecule has 0 bridgehead atoms. The topological polar surface area (TPSA) is 85.1 Å². The first-order chi connectivity index (χ1) is 6.04. The number of primary sulfonamides is 1. The SMILES string of the molecule is CCNc1ccc(S(N)(=O)=O)cn1. The van der Waals surface area contributed by atoms with Crippen molar-refractivity contribution >= 4 is 15.8 Å². The molecule has 3 N–H and O–H groups in total. The van der Waals surface area contributed by atoms with E-state index in [1.807, 2.05) is 6.92 Å². The minimum Gasteiger partial charge on any atom is -0.370 e. The number of sulfonamides is 1. The van der Waals surface area contributed by atoms with Gasteiger partial charge in [-0.2, -0.15) is 0 Å². The Morgan fingerprint density at radius 3 is 2.62 bits per heavy atom. The third-order valence-electron chi connectivity index (χ3n) is 1.42. The Morgan fingerprint density at radius 2 is 2.23 bits per heavy atom. The Morgan fingerprint density at radius 1 is 1.54 bits per heavy atom. The molecule has 72 valence electrons. The zero-order valence-electron chi connectivity index (χ0n) is 7.19. The molecular formula is C7H11N3O2S. The highest BCUT2D eigenvalue weighted by Gasteiger charge is 2.06. The molecule has 13 heavy (non-hydrogen) atoms. The second-order valence-electron chi connectivity index (χ2n) is 2.45. The van der Waals surface area contributed by atoms with Crippen LogP contribution >= 0.6 is 0 Å². The molecule has 0 spiro atoms. The van der Waals surface area contributed by atoms with Crippen molar-refractivity contribution < 1.29 is 8.42 Å². The highest BCUT2D eigenvalue weighted by atomic mass is 32.2. The van der Waals surface area contributed by atoms with E-state index in [1.165, 1.54) is 12.3 Å². The van der Waals surface area contributed by atoms with Crippen molar-refractivity contribution in [3.8, 4) is 0 Å². The quantitative estimate of drug-likeness (QED) is 0.729. The largest absolute Gasteiger partial charge is 0.370 e. The number of hydrogen-bond donors (Lipinski definition) is 2. The van der Waals surface area contributed by atoms with Crippen molar-refractivity contribution in [3.63, 3.8) is 0 Å². The lowest BCUT2D eigenvalue weighted by atomic mass is 10.4. The Kier molecular flexibility index (Phi) is 2.84. The molecule has 0 saturated heterocycles. The third kappa shape index (κ3) is 2.67. The molecule has 0 saturated carbocycles. The fourth-order valence-corrected chi connectivity index (χ4v) is 1.29. The summed E-state index contributed by atoms with van der Waals surface area (Å²) >= 11 is 0. The van der Waals surface area contributed by atoms with Crippen LogP contribution in [0.2, 0.25) is 0 Å². The van der Waals surface area contributed by atoms with E-state index < -0.39 is 10.0 Å². The first-order valence-electron chi connectivity index (χ1n) is 3.76. The van der Waals surface area contributed by atoms with Crippen LogP contribution in [-0.2, 0) is 10.0 Å². The fraction of sp³-hybridized carbons (Fsp3) is 0.286. The summed E-state index contributed by atoms with van der Waals surface area (Å²) < 4.78 is 21.6. The number of pyridine rings is 1. The van der Waals surface area contributed by atoms with Gasteiger partial charge in [0.1, 0.15) is 10.7 Å². The fourth-order valence-electron chi connectivity index (χ4n) is 0.834. The van der Waals surface area contributed by atoms with Crippen LogP contribution in [0.15, 0.2) is 23.2 Å². The van der Waals surface area contributed by atoms with E-state index in [-0.39, 0.29) is 4.90 Å². The highest BCUT2D eigenvalue weighted by molar-refractivity contribution is 7.89. The zero-order chi connectivity index (χ0) is 9.90. The number of nitrogens with zero attached hydrogens (tertiary/aromatic N) is 1. The predicted molar refractivity (Wildman–Crippen MR) is 49.8 cm³/mol. The van der Waals surface area contributed by atoms with Gasteiger partial charge >= 0.3 is 0 Å². The predicted octanol–water partition coefficient (Wildman–Crippen LogP) is 0.161. The van der Waals surface area contributed by atoms with E-state index >= 15 is 0 Å². The average Bonchev–Trinajstić information content (AvgIpc) is 2.04. The van der Waals surface area contributed by atoms with E-state index in [0.717, 1.165) is 6.54 Å². The van der Waals surface area contributed by atoms with Crippen molar-refractivity contribution in [1.29, 1.82) is 0 Å². The van der Waals surface area contributed by atoms with Crippen molar-refractivity contribution in [1.82, 2.24) is 4.98 Å². The molecule has 0 atom stereocenters. The van der Waals surface area contributed by atoms with E-state index in [2.05, 4.69) is 10.3 Å². The first-order valence-corrected chi connectivity index (χ1v) is 5.31. The molecule has 1 aromatic heterocycles. The highest BCUT2D eigenvalue weighted by Crippen LogP contribution is 2.07. The summed E-state index contributed by atoms with van der Waals surface area (Å²) in [6.07, 6.45) is 1.23. The standard InChI is InChI=1S/C7H11N3O2S/c1-2-9-7-4-3-6(5-10-7)13(8,11)12/h3-5H,2H2,1H3,(H,9,10)(H2,8,11,12). The van der Waals surface area contributed by atoms with E-state index in [4.69, 9.17) is 5.14 Å². The first kappa shape index (κ1) is 9.94. The van der Waals surface area contributed by atoms with Crippen LogP contribution in [0.4, 0.5) is 5.82 Å². The molecule has 0 unspecified atom stereocenters. The Hall–Kier alpha value is -1.14. The minimum absolute atomic E-state index is 0.0224. The summed E-state index contributed by atoms with van der Waals surface area (Å²) in [6.45, 7) is 2.66. The Bertz CT molecular complexity index is 371. The van der Waals surface area contributed by atoms with Gasteiger partial charge in [-0.1, -0.05) is 0 Å². The van der Waals surface area contributed by atoms with Crippen molar-refractivity contribution in [2.45, 2.75) is 11.8 Å². The van der Waals surface area contributed by atoms with E-state index in [0.29, 0.717) is 5.82 Å². The number of hydrogen-bond acceptors (Lipinski definition) is 4. The molecule has 0 fully saturated rings. The van der Waals surface area contributed by atoms with Gasteiger partial charge < -0.3 is 5.32 Å². The van der Waals surface area contributed by atoms with Gasteiger partial charge in [-0.3, -0.25) is 0 Å². The summed E-state index contributed by atoms with van der Waals surface area (Å²) in [7, 11) is -3.62. The molecule has 1 heterocycles. The number of nitrogens with one attached hydrogen (secondary N) is 1. The molecule has 1 aromatic rings. The average molecular weight is 201 g/mol. The molecule has 6 heteroatoms. The molecule has 0 radical (unpaired) electrons. The molecule has 0 aliphatic heterocycles. The lowest BCUT2D eigenvalue weighted by molar-refractivity contribution is 0.597. The maximum atomic E-state index is 10.8. The lowest BCUT2D eigenvalue weighted by Gasteiger charge is -2.01. The zero-order valence-corrected chi connectivity index (χ0v) is 8.00. The van der Waals surface area contributed by atoms with Gasteiger partial charge in [0.25, 0.3) is 0 Å². The van der Waals surface area contributed by atoms with E-state index in [9.17, 15) is 8.42 Å². The monoisotopic (exact) mass is 201 g/mol. The normalized spacial score (nSPS) is 11.2. The van der Waals surface area contributed by atoms with Crippen LogP contribution in [0.5, 0.6) is 0 Å². The summed E-state index contributed by atoms with van der Waals surface area (Å²) in [4.78, 5) is 3.89. The second kappa shape index (κ2) is 3.71. The molecule has 5 nitrogen and oxygen atoms in total. The number of anilines is 1. The smallest absolute Gasteiger partial charge is 0.239 e. The maximum absolute atomic E-state index is 10.8. The maximum Gasteiger partial charge on any atom is 0.239 e. The van der Waals surface area contributed by atoms with Crippen molar-refractivity contribution in [3.05, 3.63) is 18.3 Å². The molecular weight excluding hydrogens is 190 g/mol. The van der Waals surface area contributed by atoms with Gasteiger partial charge in [0, 0.05) is 12.7 Å². The van der Waals surface area contributed by atoms with Crippen molar-refractivity contribution in [2.24, 2.45) is 5.14 Å². The summed E-state index contributed by atoms with van der Waals surface area (Å²) in [5.74, 6) is 0.634. The van der Waals surface area contributed by atoms with Gasteiger partial charge in [-0.15, -0.1) is 0 Å². The molecule has 0 amide bonds. The van der Waals surface area contributed by atoms with Gasteiger partial charge in [0.15, 0.2) is 0 Å². The molecule has 0 aliphatic carbocycles. The minimum atomic E-state index is -3.62. The van der Waals surface area contributed by atoms with Crippen LogP contribution in [0, 0.1) is 0 Å². The number of rotatable bonds is 3. The second-order valence-corrected chi connectivity index (χ2v) is 4.02. The summed E-state index contributed by atoms with van der Waals surface area (Å²) in [5.41, 5.74) is 0. The van der Waals surface area contributed by atoms with Crippen LogP contribution in [0.25, 0.3) is 0 Å². The van der Waals surface area contributed by atoms with Crippen LogP contribution in [0.3, 0.4) is 0 Å².